The molecule has 0 saturated carbocycles. The van der Waals surface area contributed by atoms with Crippen LogP contribution in [-0.4, -0.2) is 0 Å². The van der Waals surface area contributed by atoms with E-state index >= 15 is 0 Å². The van der Waals surface area contributed by atoms with Crippen LogP contribution in [0.4, 0.5) is 0 Å². The summed E-state index contributed by atoms with van der Waals surface area (Å²) in [6.45, 7) is 116. The van der Waals surface area contributed by atoms with E-state index in [2.05, 4.69) is 330 Å². The second-order valence-corrected chi connectivity index (χ2v) is 40.8. The molecule has 0 spiro atoms. The zero-order valence-corrected chi connectivity index (χ0v) is 74.6. The third-order valence-electron chi connectivity index (χ3n) is 16.5. The molecule has 552 valence electrons. The van der Waals surface area contributed by atoms with Crippen LogP contribution in [0.25, 0.3) is 0 Å². The first-order valence-corrected chi connectivity index (χ1v) is 36.3. The van der Waals surface area contributed by atoms with Crippen LogP contribution < -0.4 is 0 Å². The lowest BCUT2D eigenvalue weighted by Crippen LogP contribution is -2.28. The van der Waals surface area contributed by atoms with Crippen LogP contribution >= 0.6 is 0 Å². The molecule has 0 bridgehead atoms. The van der Waals surface area contributed by atoms with Gasteiger partial charge in [0.25, 0.3) is 0 Å². The van der Waals surface area contributed by atoms with Crippen molar-refractivity contribution in [1.82, 2.24) is 0 Å². The molecule has 0 N–H and O–H groups in total. The second-order valence-electron chi connectivity index (χ2n) is 40.8. The topological polar surface area (TPSA) is 0 Å². The molecular weight excluding hydrogens is 1080 g/mol. The third-order valence-corrected chi connectivity index (χ3v) is 16.5. The predicted molar refractivity (Wildman–Crippen MR) is 437 cm³/mol. The molecule has 0 saturated heterocycles. The van der Waals surface area contributed by atoms with Crippen molar-refractivity contribution in [2.75, 3.05) is 0 Å². The molecule has 0 aliphatic rings. The number of hydrogen-bond acceptors (Lipinski definition) is 0. The predicted octanol–water partition coefficient (Wildman–Crippen LogP) is 34.7. The van der Waals surface area contributed by atoms with Gasteiger partial charge in [-0.2, -0.15) is 0 Å². The first-order chi connectivity index (χ1) is 41.1. The lowest BCUT2D eigenvalue weighted by atomic mass is 9.68. The van der Waals surface area contributed by atoms with Gasteiger partial charge in [-0.25, -0.2) is 0 Å². The van der Waals surface area contributed by atoms with E-state index in [4.69, 9.17) is 8.22 Å². The molecule has 2 unspecified atom stereocenters. The summed E-state index contributed by atoms with van der Waals surface area (Å²) in [4.78, 5) is 0. The van der Waals surface area contributed by atoms with Crippen LogP contribution in [0.15, 0.2) is 57.2 Å². The van der Waals surface area contributed by atoms with Crippen molar-refractivity contribution < 1.29 is 8.22 Å². The maximum Gasteiger partial charge on any atom is 0.0236 e. The third kappa shape index (κ3) is 97.8. The van der Waals surface area contributed by atoms with Crippen LogP contribution in [0.1, 0.15) is 461 Å². The number of rotatable bonds is 6. The Balaban J connectivity index is -0.0000000924. The molecule has 90 heavy (non-hydrogen) atoms. The summed E-state index contributed by atoms with van der Waals surface area (Å²) in [5.74, 6) is 0. The van der Waals surface area contributed by atoms with E-state index in [1.165, 1.54) is 84.0 Å². The first-order valence-electron chi connectivity index (χ1n) is 39.3. The van der Waals surface area contributed by atoms with Crippen molar-refractivity contribution in [3.8, 4) is 0 Å². The highest BCUT2D eigenvalue weighted by Crippen LogP contribution is 2.41. The van der Waals surface area contributed by atoms with Crippen molar-refractivity contribution in [2.45, 2.75) is 452 Å². The average molecular weight is 1280 g/mol. The maximum atomic E-state index is 7.47. The maximum absolute atomic E-state index is 7.47. The quantitative estimate of drug-likeness (QED) is 0.233. The molecule has 0 heterocycles. The lowest BCUT2D eigenvalue weighted by molar-refractivity contribution is 0.126. The molecule has 0 heteroatoms. The van der Waals surface area contributed by atoms with E-state index in [9.17, 15) is 0 Å². The Morgan fingerprint density at radius 1 is 0.311 bits per heavy atom. The van der Waals surface area contributed by atoms with E-state index in [1.807, 2.05) is 69.2 Å². The molecule has 0 aromatic carbocycles. The van der Waals surface area contributed by atoms with Gasteiger partial charge in [0.1, 0.15) is 0 Å². The largest absolute Gasteiger partial charge is 0.0882 e. The van der Waals surface area contributed by atoms with Crippen LogP contribution in [0.2, 0.25) is 0 Å². The molecule has 2 atom stereocenters. The molecule has 0 fully saturated rings. The minimum absolute atomic E-state index is 0.174. The fourth-order valence-electron chi connectivity index (χ4n) is 8.07. The Labute approximate surface area is 590 Å². The fourth-order valence-corrected chi connectivity index (χ4v) is 8.07. The van der Waals surface area contributed by atoms with E-state index < -0.39 is 24.5 Å². The summed E-state index contributed by atoms with van der Waals surface area (Å²) < 4.78 is 44.8. The molecule has 0 radical (unpaired) electrons. The van der Waals surface area contributed by atoms with Crippen molar-refractivity contribution in [2.24, 2.45) is 75.8 Å². The summed E-state index contributed by atoms with van der Waals surface area (Å²) in [6, 6.07) is 0. The van der Waals surface area contributed by atoms with E-state index in [-0.39, 0.29) is 10.8 Å². The Hall–Kier alpha value is -1.30. The van der Waals surface area contributed by atoms with Crippen LogP contribution in [-0.2, 0) is 0 Å². The Bertz CT molecular complexity index is 1870. The van der Waals surface area contributed by atoms with Crippen LogP contribution in [0, 0.1) is 75.8 Å². The molecule has 0 amide bonds. The minimum atomic E-state index is -1.86. The van der Waals surface area contributed by atoms with Crippen molar-refractivity contribution in [3.05, 3.63) is 57.2 Å². The van der Waals surface area contributed by atoms with Crippen molar-refractivity contribution in [1.29, 1.82) is 0 Å². The van der Waals surface area contributed by atoms with Crippen LogP contribution in [0.5, 0.6) is 0 Å². The normalized spacial score (nSPS) is 14.9. The second kappa shape index (κ2) is 49.2. The molecule has 0 aliphatic heterocycles. The van der Waals surface area contributed by atoms with Gasteiger partial charge in [-0.15, -0.1) is 0 Å². The smallest absolute Gasteiger partial charge is 0.0236 e. The fraction of sp³-hybridized carbons (Fsp3) is 0.889. The van der Waals surface area contributed by atoms with Crippen molar-refractivity contribution >= 4 is 0 Å². The first kappa shape index (κ1) is 97.4. The average Bonchev–Trinajstić information content (AvgIpc) is 0.852. The van der Waals surface area contributed by atoms with Gasteiger partial charge in [0, 0.05) is 8.22 Å². The molecular formula is C90H192. The standard InChI is InChI=1S/3C9H20.2C9H18.3C8H16.3C7H16/c1-8(2,3)7-9(4,5)6;2*1-7-9(5,6)8(2,3)4;2*1-7(2)8(3)9(4,5)6;2*1-7(2)6-8(3,4)5;1-6-7(2)8(3,4)5;2*1-5-6-7(2,3)4;1-5-7(3,4)6-2/h3*7H2,1-6H3;2*1-6H3;3*6H,1-5H3;3*5-6H2,1-4H3/b;;;;;;;7-6-;;;/i;2*5D3;;;;;;;;. The molecule has 0 aliphatic carbocycles. The van der Waals surface area contributed by atoms with Gasteiger partial charge in [0.15, 0.2) is 0 Å². The summed E-state index contributed by atoms with van der Waals surface area (Å²) in [7, 11) is 0. The highest BCUT2D eigenvalue weighted by Gasteiger charge is 2.31. The van der Waals surface area contributed by atoms with E-state index in [0.717, 1.165) is 0 Å². The highest BCUT2D eigenvalue weighted by molar-refractivity contribution is 5.14. The van der Waals surface area contributed by atoms with Gasteiger partial charge >= 0.3 is 0 Å². The zero-order valence-electron chi connectivity index (χ0n) is 80.6. The SMILES string of the molecule is C/C=C(/C)C(C)(C)C.CC(C)(C)CC(C)(C)C.CC(C)=C(C)C(C)(C)C.CC(C)=C(C)C(C)(C)C.CC(C)=CC(C)(C)C.CC(C)=CC(C)(C)C.CCC(C)(C)CC.CCCC(C)(C)C.CCCC(C)(C)C.[2H]C([2H])([2H])C(C)(CC)C(C)(C)C.[2H]C([2H])([2H])C(C)(CC)C(C)(C)C. The van der Waals surface area contributed by atoms with Gasteiger partial charge in [-0.05, 0) is 178 Å². The van der Waals surface area contributed by atoms with E-state index in [0.29, 0.717) is 67.0 Å². The van der Waals surface area contributed by atoms with Gasteiger partial charge in [0.2, 0.25) is 0 Å². The molecule has 0 aromatic heterocycles. The minimum Gasteiger partial charge on any atom is -0.0882 e. The summed E-state index contributed by atoms with van der Waals surface area (Å²) in [6.07, 6.45) is 17.3. The van der Waals surface area contributed by atoms with Gasteiger partial charge in [-0.3, -0.25) is 0 Å². The molecule has 0 rings (SSSR count). The number of hydrogen-bond donors (Lipinski definition) is 0. The Morgan fingerprint density at radius 3 is 0.533 bits per heavy atom. The summed E-state index contributed by atoms with van der Waals surface area (Å²) in [5.41, 5.74) is 13.1. The monoisotopic (exact) mass is 1280 g/mol. The van der Waals surface area contributed by atoms with E-state index in [1.54, 1.807) is 0 Å². The number of allylic oxidation sites excluding steroid dienone is 10. The highest BCUT2D eigenvalue weighted by atomic mass is 14.4. The molecule has 0 nitrogen and oxygen atoms in total. The summed E-state index contributed by atoms with van der Waals surface area (Å²) >= 11 is 0. The Morgan fingerprint density at radius 2 is 0.533 bits per heavy atom. The zero-order chi connectivity index (χ0) is 81.5. The van der Waals surface area contributed by atoms with Gasteiger partial charge < -0.3 is 0 Å². The summed E-state index contributed by atoms with van der Waals surface area (Å²) in [5, 5.41) is 0. The molecule has 0 aromatic rings. The Kier molecular flexibility index (Phi) is 53.3. The lowest BCUT2D eigenvalue weighted by Gasteiger charge is -2.37. The van der Waals surface area contributed by atoms with Crippen LogP contribution in [0.3, 0.4) is 0 Å². The van der Waals surface area contributed by atoms with Gasteiger partial charge in [0.05, 0.1) is 0 Å². The van der Waals surface area contributed by atoms with Crippen molar-refractivity contribution in [3.63, 3.8) is 0 Å². The van der Waals surface area contributed by atoms with Gasteiger partial charge in [-0.1, -0.05) is 407 Å².